The van der Waals surface area contributed by atoms with Crippen LogP contribution in [0.1, 0.15) is 19.3 Å². The first-order valence-corrected chi connectivity index (χ1v) is 4.51. The summed E-state index contributed by atoms with van der Waals surface area (Å²) in [6, 6.07) is 0. The van der Waals surface area contributed by atoms with Crippen LogP contribution in [0.15, 0.2) is 0 Å². The van der Waals surface area contributed by atoms with E-state index in [4.69, 9.17) is 5.84 Å². The Morgan fingerprint density at radius 3 is 2.91 bits per heavy atom. The summed E-state index contributed by atoms with van der Waals surface area (Å²) in [5.74, 6) is 5.79. The fourth-order valence-electron chi connectivity index (χ4n) is 2.39. The number of nitrogens with one attached hydrogen (secondary N) is 1. The molecule has 0 aromatic heterocycles. The molecule has 1 spiro atoms. The zero-order valence-electron chi connectivity index (χ0n) is 6.97. The summed E-state index contributed by atoms with van der Waals surface area (Å²) >= 11 is 0. The predicted octanol–water partition coefficient (Wildman–Crippen LogP) is -0.0644. The second-order valence-electron chi connectivity index (χ2n) is 4.00. The molecule has 0 amide bonds. The quantitative estimate of drug-likeness (QED) is 0.481. The van der Waals surface area contributed by atoms with Crippen molar-refractivity contribution in [2.45, 2.75) is 19.3 Å². The lowest BCUT2D eigenvalue weighted by Crippen LogP contribution is -2.47. The van der Waals surface area contributed by atoms with E-state index < -0.39 is 0 Å². The number of rotatable bonds is 0. The Labute approximate surface area is 67.9 Å². The molecule has 2 fully saturated rings. The highest BCUT2D eigenvalue weighted by molar-refractivity contribution is 4.92. The van der Waals surface area contributed by atoms with Gasteiger partial charge in [-0.15, -0.1) is 0 Å². The molecule has 0 radical (unpaired) electrons. The molecule has 0 aromatic carbocycles. The Kier molecular flexibility index (Phi) is 1.87. The van der Waals surface area contributed by atoms with Crippen LogP contribution in [0.5, 0.6) is 0 Å². The normalized spacial score (nSPS) is 40.1. The predicted molar refractivity (Wildman–Crippen MR) is 44.9 cm³/mol. The van der Waals surface area contributed by atoms with Gasteiger partial charge in [-0.25, -0.2) is 5.01 Å². The molecule has 1 unspecified atom stereocenters. The molecule has 0 aliphatic carbocycles. The van der Waals surface area contributed by atoms with Crippen molar-refractivity contribution >= 4 is 0 Å². The molecule has 2 rings (SSSR count). The maximum Gasteiger partial charge on any atom is 0.0197 e. The van der Waals surface area contributed by atoms with E-state index in [-0.39, 0.29) is 0 Å². The third-order valence-electron chi connectivity index (χ3n) is 3.02. The van der Waals surface area contributed by atoms with E-state index in [1.807, 2.05) is 5.01 Å². The van der Waals surface area contributed by atoms with E-state index in [9.17, 15) is 0 Å². The first kappa shape index (κ1) is 7.53. The van der Waals surface area contributed by atoms with Crippen LogP contribution in [-0.2, 0) is 0 Å². The number of nitrogens with two attached hydrogens (primary N) is 1. The van der Waals surface area contributed by atoms with Gasteiger partial charge in [-0.05, 0) is 31.2 Å². The van der Waals surface area contributed by atoms with E-state index in [2.05, 4.69) is 5.32 Å². The molecule has 0 bridgehead atoms. The summed E-state index contributed by atoms with van der Waals surface area (Å²) in [5, 5.41) is 5.40. The molecule has 0 saturated carbocycles. The van der Waals surface area contributed by atoms with Crippen molar-refractivity contribution in [3.8, 4) is 0 Å². The highest BCUT2D eigenvalue weighted by atomic mass is 15.4. The lowest BCUT2D eigenvalue weighted by atomic mass is 9.80. The molecule has 0 aromatic rings. The fourth-order valence-corrected chi connectivity index (χ4v) is 2.39. The van der Waals surface area contributed by atoms with Gasteiger partial charge in [0.25, 0.3) is 0 Å². The summed E-state index contributed by atoms with van der Waals surface area (Å²) in [6.07, 6.45) is 3.96. The fraction of sp³-hybridized carbons (Fsp3) is 1.00. The molecule has 2 heterocycles. The standard InChI is InChI=1S/C8H17N3/c9-11-5-1-2-8(7-11)3-4-10-6-8/h10H,1-7,9H2. The monoisotopic (exact) mass is 155 g/mol. The largest absolute Gasteiger partial charge is 0.316 e. The molecule has 2 aliphatic rings. The zero-order valence-corrected chi connectivity index (χ0v) is 6.97. The molecular formula is C8H17N3. The minimum absolute atomic E-state index is 0.535. The minimum atomic E-state index is 0.535. The first-order valence-electron chi connectivity index (χ1n) is 4.51. The Hall–Kier alpha value is -0.120. The Balaban J connectivity index is 2.00. The van der Waals surface area contributed by atoms with Gasteiger partial charge in [0.15, 0.2) is 0 Å². The Morgan fingerprint density at radius 1 is 1.36 bits per heavy atom. The van der Waals surface area contributed by atoms with Gasteiger partial charge < -0.3 is 5.32 Å². The highest BCUT2D eigenvalue weighted by Crippen LogP contribution is 2.34. The van der Waals surface area contributed by atoms with Crippen LogP contribution >= 0.6 is 0 Å². The molecular weight excluding hydrogens is 138 g/mol. The van der Waals surface area contributed by atoms with Crippen molar-refractivity contribution in [2.24, 2.45) is 11.3 Å². The molecule has 64 valence electrons. The van der Waals surface area contributed by atoms with Gasteiger partial charge in [0, 0.05) is 19.6 Å². The van der Waals surface area contributed by atoms with Crippen molar-refractivity contribution in [2.75, 3.05) is 26.2 Å². The summed E-state index contributed by atoms with van der Waals surface area (Å²) in [6.45, 7) is 4.55. The number of hydrogen-bond donors (Lipinski definition) is 2. The Bertz CT molecular complexity index is 140. The lowest BCUT2D eigenvalue weighted by molar-refractivity contribution is 0.105. The summed E-state index contributed by atoms with van der Waals surface area (Å²) in [7, 11) is 0. The van der Waals surface area contributed by atoms with E-state index in [0.717, 1.165) is 13.1 Å². The van der Waals surface area contributed by atoms with Gasteiger partial charge in [-0.1, -0.05) is 0 Å². The van der Waals surface area contributed by atoms with Gasteiger partial charge in [0.1, 0.15) is 0 Å². The van der Waals surface area contributed by atoms with Gasteiger partial charge in [-0.2, -0.15) is 0 Å². The highest BCUT2D eigenvalue weighted by Gasteiger charge is 2.36. The third kappa shape index (κ3) is 1.41. The molecule has 11 heavy (non-hydrogen) atoms. The van der Waals surface area contributed by atoms with Crippen molar-refractivity contribution in [3.05, 3.63) is 0 Å². The number of hydrogen-bond acceptors (Lipinski definition) is 3. The molecule has 2 saturated heterocycles. The van der Waals surface area contributed by atoms with Crippen LogP contribution < -0.4 is 11.2 Å². The number of nitrogens with zero attached hydrogens (tertiary/aromatic N) is 1. The van der Waals surface area contributed by atoms with Crippen LogP contribution in [-0.4, -0.2) is 31.2 Å². The van der Waals surface area contributed by atoms with Crippen LogP contribution in [0.2, 0.25) is 0 Å². The Morgan fingerprint density at radius 2 is 2.27 bits per heavy atom. The SMILES string of the molecule is NN1CCCC2(CCNC2)C1. The average Bonchev–Trinajstić information content (AvgIpc) is 2.37. The topological polar surface area (TPSA) is 41.3 Å². The van der Waals surface area contributed by atoms with Crippen molar-refractivity contribution < 1.29 is 0 Å². The molecule has 2 aliphatic heterocycles. The average molecular weight is 155 g/mol. The van der Waals surface area contributed by atoms with E-state index in [0.29, 0.717) is 5.41 Å². The van der Waals surface area contributed by atoms with Crippen LogP contribution in [0, 0.1) is 5.41 Å². The van der Waals surface area contributed by atoms with Crippen molar-refractivity contribution in [1.82, 2.24) is 10.3 Å². The van der Waals surface area contributed by atoms with Crippen molar-refractivity contribution in [1.29, 1.82) is 0 Å². The second-order valence-corrected chi connectivity index (χ2v) is 4.00. The van der Waals surface area contributed by atoms with E-state index in [1.54, 1.807) is 0 Å². The van der Waals surface area contributed by atoms with Crippen LogP contribution in [0.3, 0.4) is 0 Å². The van der Waals surface area contributed by atoms with Crippen LogP contribution in [0.25, 0.3) is 0 Å². The second kappa shape index (κ2) is 2.73. The van der Waals surface area contributed by atoms with Gasteiger partial charge in [-0.3, -0.25) is 5.84 Å². The minimum Gasteiger partial charge on any atom is -0.316 e. The van der Waals surface area contributed by atoms with Crippen molar-refractivity contribution in [3.63, 3.8) is 0 Å². The third-order valence-corrected chi connectivity index (χ3v) is 3.02. The summed E-state index contributed by atoms with van der Waals surface area (Å²) in [5.41, 5.74) is 0.535. The molecule has 1 atom stereocenters. The maximum atomic E-state index is 5.79. The van der Waals surface area contributed by atoms with E-state index in [1.165, 1.54) is 32.4 Å². The molecule has 3 N–H and O–H groups in total. The van der Waals surface area contributed by atoms with Gasteiger partial charge >= 0.3 is 0 Å². The number of piperidine rings is 1. The van der Waals surface area contributed by atoms with Gasteiger partial charge in [0.05, 0.1) is 0 Å². The smallest absolute Gasteiger partial charge is 0.0197 e. The van der Waals surface area contributed by atoms with Gasteiger partial charge in [0.2, 0.25) is 0 Å². The number of hydrazine groups is 1. The molecule has 3 nitrogen and oxygen atoms in total. The first-order chi connectivity index (χ1) is 5.31. The maximum absolute atomic E-state index is 5.79. The molecule has 3 heteroatoms. The zero-order chi connectivity index (χ0) is 7.73. The van der Waals surface area contributed by atoms with E-state index >= 15 is 0 Å². The van der Waals surface area contributed by atoms with Crippen LogP contribution in [0.4, 0.5) is 0 Å². The summed E-state index contributed by atoms with van der Waals surface area (Å²) in [4.78, 5) is 0. The lowest BCUT2D eigenvalue weighted by Gasteiger charge is -2.37. The summed E-state index contributed by atoms with van der Waals surface area (Å²) < 4.78 is 0.